The topological polar surface area (TPSA) is 59.4 Å². The first-order valence-corrected chi connectivity index (χ1v) is 8.01. The number of para-hydroxylation sites is 1. The fourth-order valence-electron chi connectivity index (χ4n) is 2.21. The molecule has 4 nitrogen and oxygen atoms in total. The van der Waals surface area contributed by atoms with Gasteiger partial charge in [-0.05, 0) is 30.7 Å². The molecule has 1 aromatic heterocycles. The van der Waals surface area contributed by atoms with Crippen LogP contribution in [0, 0.1) is 0 Å². The number of ether oxygens (including phenoxy) is 1. The van der Waals surface area contributed by atoms with Gasteiger partial charge in [-0.1, -0.05) is 24.3 Å². The van der Waals surface area contributed by atoms with E-state index in [1.54, 1.807) is 12.1 Å². The first-order chi connectivity index (χ1) is 12.8. The summed E-state index contributed by atoms with van der Waals surface area (Å²) < 4.78 is 85.4. The summed E-state index contributed by atoms with van der Waals surface area (Å²) >= 11 is 4.09. The van der Waals surface area contributed by atoms with Crippen LogP contribution in [0.1, 0.15) is 12.6 Å². The van der Waals surface area contributed by atoms with Crippen molar-refractivity contribution >= 4 is 34.0 Å². The number of halogens is 7. The molecule has 0 atom stereocenters. The standard InChI is InChI=1S/C17H12ClF6NO3/c1-2-28-14(27)12(11-8-7-9-5-3-4-6-10(9)25-11)13(26)15(19,20)16(21,22)17(18,23)24/h3-8,26H,2H2,1H3/b13-12+. The minimum Gasteiger partial charge on any atom is -0.505 e. The average Bonchev–Trinajstić information content (AvgIpc) is 2.60. The van der Waals surface area contributed by atoms with Gasteiger partial charge in [0.2, 0.25) is 0 Å². The van der Waals surface area contributed by atoms with Gasteiger partial charge in [0, 0.05) is 5.39 Å². The Hall–Kier alpha value is -2.49. The number of aliphatic hydroxyl groups is 1. The molecule has 28 heavy (non-hydrogen) atoms. The summed E-state index contributed by atoms with van der Waals surface area (Å²) in [6.07, 6.45) is 0. The van der Waals surface area contributed by atoms with Crippen LogP contribution in [-0.4, -0.2) is 39.9 Å². The third-order valence-electron chi connectivity index (χ3n) is 3.62. The maximum atomic E-state index is 14.1. The summed E-state index contributed by atoms with van der Waals surface area (Å²) in [5.41, 5.74) is -2.01. The minimum atomic E-state index is -6.22. The van der Waals surface area contributed by atoms with E-state index in [2.05, 4.69) is 21.3 Å². The number of nitrogens with zero attached hydrogens (tertiary/aromatic N) is 1. The highest BCUT2D eigenvalue weighted by atomic mass is 35.5. The molecule has 0 spiro atoms. The van der Waals surface area contributed by atoms with Crippen molar-refractivity contribution in [2.24, 2.45) is 0 Å². The van der Waals surface area contributed by atoms with Crippen molar-refractivity contribution in [2.45, 2.75) is 24.2 Å². The molecule has 0 aliphatic rings. The highest BCUT2D eigenvalue weighted by Gasteiger charge is 2.73. The molecule has 1 heterocycles. The molecular weight excluding hydrogens is 416 g/mol. The van der Waals surface area contributed by atoms with Gasteiger partial charge in [0.15, 0.2) is 5.76 Å². The molecule has 11 heteroatoms. The Morgan fingerprint density at radius 1 is 1.11 bits per heavy atom. The average molecular weight is 428 g/mol. The van der Waals surface area contributed by atoms with Crippen LogP contribution in [-0.2, 0) is 9.53 Å². The molecule has 0 unspecified atom stereocenters. The predicted molar refractivity (Wildman–Crippen MR) is 88.6 cm³/mol. The lowest BCUT2D eigenvalue weighted by molar-refractivity contribution is -0.272. The van der Waals surface area contributed by atoms with Gasteiger partial charge in [-0.2, -0.15) is 26.3 Å². The summed E-state index contributed by atoms with van der Waals surface area (Å²) in [5, 5.41) is 4.55. The quantitative estimate of drug-likeness (QED) is 0.227. The van der Waals surface area contributed by atoms with Crippen LogP contribution in [0.4, 0.5) is 26.3 Å². The van der Waals surface area contributed by atoms with Gasteiger partial charge in [-0.3, -0.25) is 0 Å². The Morgan fingerprint density at radius 2 is 1.71 bits per heavy atom. The van der Waals surface area contributed by atoms with Crippen molar-refractivity contribution < 1.29 is 41.0 Å². The number of fused-ring (bicyclic) bond motifs is 1. The monoisotopic (exact) mass is 427 g/mol. The number of rotatable bonds is 6. The number of hydrogen-bond acceptors (Lipinski definition) is 4. The van der Waals surface area contributed by atoms with Gasteiger partial charge in [0.05, 0.1) is 17.8 Å². The maximum Gasteiger partial charge on any atom is 0.394 e. The predicted octanol–water partition coefficient (Wildman–Crippen LogP) is 5.17. The third-order valence-corrected chi connectivity index (χ3v) is 3.86. The Kier molecular flexibility index (Phi) is 5.84. The minimum absolute atomic E-state index is 0.160. The van der Waals surface area contributed by atoms with Crippen LogP contribution in [0.2, 0.25) is 0 Å². The van der Waals surface area contributed by atoms with Gasteiger partial charge in [-0.15, -0.1) is 0 Å². The highest BCUT2D eigenvalue weighted by Crippen LogP contribution is 2.51. The number of allylic oxidation sites excluding steroid dienone is 1. The van der Waals surface area contributed by atoms with Gasteiger partial charge in [0.25, 0.3) is 0 Å². The van der Waals surface area contributed by atoms with Gasteiger partial charge >= 0.3 is 23.2 Å². The second-order valence-corrected chi connectivity index (χ2v) is 5.95. The number of carbonyl (C=O) groups excluding carboxylic acids is 1. The molecule has 1 aromatic carbocycles. The largest absolute Gasteiger partial charge is 0.505 e. The number of alkyl halides is 7. The number of benzene rings is 1. The zero-order valence-electron chi connectivity index (χ0n) is 14.0. The van der Waals surface area contributed by atoms with Gasteiger partial charge in [0.1, 0.15) is 5.57 Å². The Balaban J connectivity index is 2.75. The SMILES string of the molecule is CCOC(=O)/C(=C(/O)C(F)(F)C(F)(F)C(F)(F)Cl)c1ccc2ccccc2n1. The van der Waals surface area contributed by atoms with Crippen molar-refractivity contribution in [3.8, 4) is 0 Å². The number of hydrogen-bond donors (Lipinski definition) is 1. The molecular formula is C17H12ClF6NO3. The molecule has 0 fully saturated rings. The summed E-state index contributed by atoms with van der Waals surface area (Å²) in [6.45, 7) is 0.900. The van der Waals surface area contributed by atoms with Gasteiger partial charge < -0.3 is 9.84 Å². The van der Waals surface area contributed by atoms with E-state index in [-0.39, 0.29) is 12.1 Å². The van der Waals surface area contributed by atoms with Crippen molar-refractivity contribution in [3.63, 3.8) is 0 Å². The van der Waals surface area contributed by atoms with Crippen LogP contribution in [0.15, 0.2) is 42.2 Å². The van der Waals surface area contributed by atoms with E-state index in [1.807, 2.05) is 0 Å². The normalized spacial score (nSPS) is 14.0. The van der Waals surface area contributed by atoms with E-state index in [4.69, 9.17) is 0 Å². The Bertz CT molecular complexity index is 926. The first kappa shape index (κ1) is 21.8. The zero-order valence-corrected chi connectivity index (χ0v) is 14.8. The van der Waals surface area contributed by atoms with Gasteiger partial charge in [-0.25, -0.2) is 9.78 Å². The van der Waals surface area contributed by atoms with Crippen LogP contribution in [0.3, 0.4) is 0 Å². The molecule has 0 amide bonds. The lowest BCUT2D eigenvalue weighted by Gasteiger charge is -2.29. The van der Waals surface area contributed by atoms with Crippen molar-refractivity contribution in [2.75, 3.05) is 6.61 Å². The number of pyridine rings is 1. The van der Waals surface area contributed by atoms with E-state index in [0.29, 0.717) is 5.39 Å². The number of esters is 1. The fourth-order valence-corrected chi connectivity index (χ4v) is 2.33. The zero-order chi connectivity index (χ0) is 21.3. The van der Waals surface area contributed by atoms with Crippen LogP contribution in [0.25, 0.3) is 16.5 Å². The Morgan fingerprint density at radius 3 is 2.29 bits per heavy atom. The summed E-state index contributed by atoms with van der Waals surface area (Å²) in [7, 11) is 0. The molecule has 0 saturated carbocycles. The second kappa shape index (κ2) is 7.50. The molecule has 0 aliphatic carbocycles. The molecule has 2 rings (SSSR count). The number of aromatic nitrogens is 1. The van der Waals surface area contributed by atoms with Crippen LogP contribution >= 0.6 is 11.6 Å². The number of aliphatic hydroxyl groups excluding tert-OH is 1. The molecule has 0 radical (unpaired) electrons. The van der Waals surface area contributed by atoms with E-state index in [9.17, 15) is 36.2 Å². The maximum absolute atomic E-state index is 14.1. The van der Waals surface area contributed by atoms with Crippen molar-refractivity contribution in [1.82, 2.24) is 4.98 Å². The molecule has 152 valence electrons. The van der Waals surface area contributed by atoms with Crippen LogP contribution < -0.4 is 0 Å². The molecule has 0 saturated heterocycles. The molecule has 1 N–H and O–H groups in total. The highest BCUT2D eigenvalue weighted by molar-refractivity contribution is 6.22. The van der Waals surface area contributed by atoms with E-state index < -0.39 is 40.2 Å². The Labute approximate surface area is 159 Å². The van der Waals surface area contributed by atoms with E-state index in [0.717, 1.165) is 6.07 Å². The third kappa shape index (κ3) is 3.73. The summed E-state index contributed by atoms with van der Waals surface area (Å²) in [4.78, 5) is 15.9. The smallest absolute Gasteiger partial charge is 0.394 e. The van der Waals surface area contributed by atoms with E-state index in [1.165, 1.54) is 25.1 Å². The molecule has 0 aliphatic heterocycles. The lowest BCUT2D eigenvalue weighted by atomic mass is 10.0. The van der Waals surface area contributed by atoms with E-state index >= 15 is 0 Å². The first-order valence-electron chi connectivity index (χ1n) is 7.64. The summed E-state index contributed by atoms with van der Waals surface area (Å²) in [6, 6.07) is 8.41. The lowest BCUT2D eigenvalue weighted by Crippen LogP contribution is -2.52. The second-order valence-electron chi connectivity index (χ2n) is 5.48. The fraction of sp³-hybridized carbons (Fsp3) is 0.294. The van der Waals surface area contributed by atoms with Crippen molar-refractivity contribution in [3.05, 3.63) is 47.9 Å². The molecule has 2 aromatic rings. The molecule has 0 bridgehead atoms. The van der Waals surface area contributed by atoms with Crippen molar-refractivity contribution in [1.29, 1.82) is 0 Å². The number of carbonyl (C=O) groups is 1. The van der Waals surface area contributed by atoms with Crippen LogP contribution in [0.5, 0.6) is 0 Å². The summed E-state index contributed by atoms with van der Waals surface area (Å²) in [5.74, 6) is -16.4.